The van der Waals surface area contributed by atoms with Crippen LogP contribution in [0.4, 0.5) is 28.7 Å². The molecule has 4 rings (SSSR count). The van der Waals surface area contributed by atoms with Gasteiger partial charge in [0, 0.05) is 23.5 Å². The Hall–Kier alpha value is -4.16. The molecule has 2 aromatic heterocycles. The summed E-state index contributed by atoms with van der Waals surface area (Å²) in [5.41, 5.74) is 1.81. The Kier molecular flexibility index (Phi) is 4.68. The largest absolute Gasteiger partial charge is 0.339 e. The molecule has 0 aliphatic heterocycles. The van der Waals surface area contributed by atoms with Crippen LogP contribution in [0.1, 0.15) is 5.56 Å². The van der Waals surface area contributed by atoms with E-state index in [4.69, 9.17) is 11.6 Å². The van der Waals surface area contributed by atoms with E-state index in [1.165, 1.54) is 22.8 Å². The fourth-order valence-electron chi connectivity index (χ4n) is 2.74. The Balaban J connectivity index is 1.83. The molecule has 0 saturated heterocycles. The summed E-state index contributed by atoms with van der Waals surface area (Å²) in [7, 11) is 0. The summed E-state index contributed by atoms with van der Waals surface area (Å²) < 4.78 is 1.42. The van der Waals surface area contributed by atoms with Gasteiger partial charge in [-0.15, -0.1) is 0 Å². The van der Waals surface area contributed by atoms with Crippen molar-refractivity contribution >= 4 is 45.9 Å². The van der Waals surface area contributed by atoms with E-state index in [-0.39, 0.29) is 11.3 Å². The summed E-state index contributed by atoms with van der Waals surface area (Å²) in [5.74, 6) is 0.634. The second-order valence-electron chi connectivity index (χ2n) is 5.94. The zero-order valence-corrected chi connectivity index (χ0v) is 15.5. The number of halogens is 1. The minimum absolute atomic E-state index is 0.0375. The summed E-state index contributed by atoms with van der Waals surface area (Å²) in [5, 5.41) is 31.4. The van der Waals surface area contributed by atoms with Gasteiger partial charge in [0.1, 0.15) is 16.7 Å². The lowest BCUT2D eigenvalue weighted by molar-refractivity contribution is -0.384. The van der Waals surface area contributed by atoms with Crippen molar-refractivity contribution in [3.05, 3.63) is 81.5 Å². The highest BCUT2D eigenvalue weighted by Gasteiger charge is 2.19. The summed E-state index contributed by atoms with van der Waals surface area (Å²) in [6, 6.07) is 17.2. The topological polar surface area (TPSA) is 121 Å². The maximum Gasteiger partial charge on any atom is 0.269 e. The third-order valence-electron chi connectivity index (χ3n) is 4.09. The number of nitriles is 1. The number of nitro benzene ring substituents is 1. The van der Waals surface area contributed by atoms with Crippen molar-refractivity contribution in [2.75, 3.05) is 10.6 Å². The molecule has 0 fully saturated rings. The number of anilines is 4. The molecular formula is C19H12ClN7O2. The maximum atomic E-state index is 10.9. The molecule has 0 unspecified atom stereocenters. The van der Waals surface area contributed by atoms with Gasteiger partial charge >= 0.3 is 0 Å². The van der Waals surface area contributed by atoms with Crippen molar-refractivity contribution in [1.82, 2.24) is 14.6 Å². The van der Waals surface area contributed by atoms with Gasteiger partial charge < -0.3 is 10.6 Å². The smallest absolute Gasteiger partial charge is 0.269 e. The molecule has 0 bridgehead atoms. The highest BCUT2D eigenvalue weighted by Crippen LogP contribution is 2.31. The Morgan fingerprint density at radius 3 is 2.41 bits per heavy atom. The molecule has 29 heavy (non-hydrogen) atoms. The van der Waals surface area contributed by atoms with E-state index in [1.807, 2.05) is 30.3 Å². The van der Waals surface area contributed by atoms with Crippen molar-refractivity contribution in [3.63, 3.8) is 0 Å². The van der Waals surface area contributed by atoms with E-state index in [0.717, 1.165) is 5.69 Å². The van der Waals surface area contributed by atoms with Gasteiger partial charge in [0.2, 0.25) is 0 Å². The van der Waals surface area contributed by atoms with Crippen LogP contribution >= 0.6 is 11.6 Å². The van der Waals surface area contributed by atoms with Crippen molar-refractivity contribution in [2.45, 2.75) is 0 Å². The third-order valence-corrected chi connectivity index (χ3v) is 4.36. The second kappa shape index (κ2) is 7.46. The van der Waals surface area contributed by atoms with Crippen LogP contribution in [0.25, 0.3) is 5.65 Å². The van der Waals surface area contributed by atoms with Crippen LogP contribution in [0.15, 0.2) is 60.8 Å². The van der Waals surface area contributed by atoms with E-state index >= 15 is 0 Å². The van der Waals surface area contributed by atoms with Crippen LogP contribution in [0, 0.1) is 21.4 Å². The molecule has 2 N–H and O–H groups in total. The quantitative estimate of drug-likeness (QED) is 0.366. The number of benzene rings is 2. The zero-order chi connectivity index (χ0) is 20.4. The molecule has 9 nitrogen and oxygen atoms in total. The number of rotatable bonds is 5. The average molecular weight is 406 g/mol. The first kappa shape index (κ1) is 18.2. The number of aromatic nitrogens is 3. The van der Waals surface area contributed by atoms with Gasteiger partial charge in [-0.3, -0.25) is 10.1 Å². The predicted octanol–water partition coefficient (Wildman–Crippen LogP) is 4.65. The lowest BCUT2D eigenvalue weighted by Crippen LogP contribution is -2.08. The van der Waals surface area contributed by atoms with Gasteiger partial charge in [0.05, 0.1) is 11.1 Å². The van der Waals surface area contributed by atoms with Crippen LogP contribution in [-0.4, -0.2) is 19.5 Å². The van der Waals surface area contributed by atoms with Gasteiger partial charge in [-0.1, -0.05) is 29.8 Å². The molecule has 10 heteroatoms. The van der Waals surface area contributed by atoms with Crippen molar-refractivity contribution in [2.24, 2.45) is 0 Å². The third kappa shape index (κ3) is 3.52. The number of non-ortho nitro benzene ring substituents is 1. The minimum Gasteiger partial charge on any atom is -0.339 e. The molecule has 4 aromatic rings. The van der Waals surface area contributed by atoms with Crippen LogP contribution in [0.2, 0.25) is 5.02 Å². The monoisotopic (exact) mass is 405 g/mol. The Bertz CT molecular complexity index is 1250. The number of nitrogens with zero attached hydrogens (tertiary/aromatic N) is 5. The number of hydrogen-bond donors (Lipinski definition) is 2. The molecule has 0 spiro atoms. The second-order valence-corrected chi connectivity index (χ2v) is 6.35. The van der Waals surface area contributed by atoms with Crippen LogP contribution < -0.4 is 10.6 Å². The number of nitrogens with one attached hydrogen (secondary N) is 2. The van der Waals surface area contributed by atoms with E-state index in [0.29, 0.717) is 28.0 Å². The molecule has 0 aliphatic carbocycles. The molecular weight excluding hydrogens is 394 g/mol. The lowest BCUT2D eigenvalue weighted by atomic mass is 10.2. The zero-order valence-electron chi connectivity index (χ0n) is 14.7. The van der Waals surface area contributed by atoms with Crippen molar-refractivity contribution < 1.29 is 4.92 Å². The molecule has 0 atom stereocenters. The van der Waals surface area contributed by atoms with Gasteiger partial charge in [-0.25, -0.2) is 4.98 Å². The van der Waals surface area contributed by atoms with Gasteiger partial charge in [-0.05, 0) is 24.3 Å². The Labute approximate surface area is 169 Å². The standard InChI is InChI=1S/C19H12ClN7O2/c20-16-11-22-26-18(24-13-6-8-14(9-7-13)27(28)29)15(10-21)17(25-19(16)26)23-12-4-2-1-3-5-12/h1-9,11,24H,(H,23,25). The molecule has 0 saturated carbocycles. The average Bonchev–Trinajstić information content (AvgIpc) is 3.10. The van der Waals surface area contributed by atoms with E-state index in [1.54, 1.807) is 12.1 Å². The number of nitro groups is 1. The van der Waals surface area contributed by atoms with Crippen molar-refractivity contribution in [3.8, 4) is 6.07 Å². The fourth-order valence-corrected chi connectivity index (χ4v) is 2.91. The summed E-state index contributed by atoms with van der Waals surface area (Å²) >= 11 is 6.21. The molecule has 0 amide bonds. The van der Waals surface area contributed by atoms with Crippen molar-refractivity contribution in [1.29, 1.82) is 5.26 Å². The minimum atomic E-state index is -0.482. The number of hydrogen-bond acceptors (Lipinski definition) is 7. The maximum absolute atomic E-state index is 10.9. The normalized spacial score (nSPS) is 10.5. The molecule has 142 valence electrons. The Morgan fingerprint density at radius 1 is 1.07 bits per heavy atom. The fraction of sp³-hybridized carbons (Fsp3) is 0. The molecule has 2 heterocycles. The molecule has 0 radical (unpaired) electrons. The van der Waals surface area contributed by atoms with Gasteiger partial charge in [-0.2, -0.15) is 14.9 Å². The van der Waals surface area contributed by atoms with Crippen LogP contribution in [0.5, 0.6) is 0 Å². The van der Waals surface area contributed by atoms with E-state index in [2.05, 4.69) is 26.8 Å². The summed E-state index contributed by atoms with van der Waals surface area (Å²) in [6.07, 6.45) is 1.43. The first-order valence-electron chi connectivity index (χ1n) is 8.37. The Morgan fingerprint density at radius 2 is 1.76 bits per heavy atom. The number of para-hydroxylation sites is 1. The number of fused-ring (bicyclic) bond motifs is 1. The van der Waals surface area contributed by atoms with E-state index in [9.17, 15) is 15.4 Å². The summed E-state index contributed by atoms with van der Waals surface area (Å²) in [6.45, 7) is 0. The molecule has 0 aliphatic rings. The first-order chi connectivity index (χ1) is 14.1. The highest BCUT2D eigenvalue weighted by molar-refractivity contribution is 6.33. The van der Waals surface area contributed by atoms with E-state index < -0.39 is 4.92 Å². The highest BCUT2D eigenvalue weighted by atomic mass is 35.5. The van der Waals surface area contributed by atoms with Gasteiger partial charge in [0.15, 0.2) is 17.3 Å². The summed E-state index contributed by atoms with van der Waals surface area (Å²) in [4.78, 5) is 14.8. The lowest BCUT2D eigenvalue weighted by Gasteiger charge is -2.14. The van der Waals surface area contributed by atoms with Crippen LogP contribution in [0.3, 0.4) is 0 Å². The SMILES string of the molecule is N#Cc1c(Nc2ccccc2)nc2c(Cl)cnn2c1Nc1ccc([N+](=O)[O-])cc1. The van der Waals surface area contributed by atoms with Gasteiger partial charge in [0.25, 0.3) is 5.69 Å². The molecule has 2 aromatic carbocycles. The predicted molar refractivity (Wildman–Crippen MR) is 109 cm³/mol. The first-order valence-corrected chi connectivity index (χ1v) is 8.75. The van der Waals surface area contributed by atoms with Crippen LogP contribution in [-0.2, 0) is 0 Å².